The molecule has 0 aliphatic heterocycles. The van der Waals surface area contributed by atoms with Crippen molar-refractivity contribution in [1.29, 1.82) is 0 Å². The van der Waals surface area contributed by atoms with Gasteiger partial charge < -0.3 is 10.2 Å². The minimum absolute atomic E-state index is 0.0735. The van der Waals surface area contributed by atoms with E-state index in [1.807, 2.05) is 36.7 Å². The Hall–Kier alpha value is -1.56. The standard InChI is InChI=1S/C20H28Cl2N4O/c1-6-18-19(20(27)23-9-10-25(4)5)17(11-13(2)3)24-26(18)14-7-8-15(21)16(22)12-14/h7-8,12-13H,6,9-11H2,1-5H3,(H,23,27). The minimum Gasteiger partial charge on any atom is -0.351 e. The lowest BCUT2D eigenvalue weighted by atomic mass is 10.0. The molecule has 2 rings (SSSR count). The zero-order chi connectivity index (χ0) is 20.1. The topological polar surface area (TPSA) is 50.2 Å². The van der Waals surface area contributed by atoms with Gasteiger partial charge in [0.15, 0.2) is 0 Å². The van der Waals surface area contributed by atoms with Gasteiger partial charge in [-0.05, 0) is 51.1 Å². The van der Waals surface area contributed by atoms with E-state index in [2.05, 4.69) is 19.2 Å². The molecule has 2 aromatic rings. The monoisotopic (exact) mass is 410 g/mol. The third-order valence-electron chi connectivity index (χ3n) is 4.21. The summed E-state index contributed by atoms with van der Waals surface area (Å²) in [7, 11) is 3.96. The van der Waals surface area contributed by atoms with E-state index in [-0.39, 0.29) is 5.91 Å². The van der Waals surface area contributed by atoms with Gasteiger partial charge in [0.1, 0.15) is 0 Å². The number of likely N-dealkylation sites (N-methyl/N-ethyl adjacent to an activating group) is 1. The summed E-state index contributed by atoms with van der Waals surface area (Å²) in [6.07, 6.45) is 1.42. The molecule has 27 heavy (non-hydrogen) atoms. The molecule has 1 aromatic carbocycles. The zero-order valence-electron chi connectivity index (χ0n) is 16.6. The van der Waals surface area contributed by atoms with Gasteiger partial charge in [-0.2, -0.15) is 5.10 Å². The largest absolute Gasteiger partial charge is 0.351 e. The highest BCUT2D eigenvalue weighted by molar-refractivity contribution is 6.42. The van der Waals surface area contributed by atoms with Crippen molar-refractivity contribution in [3.8, 4) is 5.69 Å². The van der Waals surface area contributed by atoms with Crippen LogP contribution in [0.4, 0.5) is 0 Å². The van der Waals surface area contributed by atoms with Crippen LogP contribution in [-0.2, 0) is 12.8 Å². The molecule has 0 unspecified atom stereocenters. The van der Waals surface area contributed by atoms with Crippen LogP contribution < -0.4 is 5.32 Å². The lowest BCUT2D eigenvalue weighted by molar-refractivity contribution is 0.0949. The lowest BCUT2D eigenvalue weighted by Crippen LogP contribution is -2.32. The first kappa shape index (κ1) is 21.7. The third-order valence-corrected chi connectivity index (χ3v) is 4.95. The Balaban J connectivity index is 2.47. The van der Waals surface area contributed by atoms with E-state index in [0.29, 0.717) is 34.5 Å². The fraction of sp³-hybridized carbons (Fsp3) is 0.500. The maximum atomic E-state index is 12.9. The van der Waals surface area contributed by atoms with E-state index in [1.165, 1.54) is 0 Å². The van der Waals surface area contributed by atoms with Crippen LogP contribution in [0.25, 0.3) is 5.69 Å². The highest BCUT2D eigenvalue weighted by Crippen LogP contribution is 2.27. The van der Waals surface area contributed by atoms with Gasteiger partial charge in [0.2, 0.25) is 0 Å². The molecule has 7 heteroatoms. The molecule has 0 atom stereocenters. The molecule has 0 radical (unpaired) electrons. The summed E-state index contributed by atoms with van der Waals surface area (Å²) in [5.74, 6) is 0.316. The molecule has 0 fully saturated rings. The number of aromatic nitrogens is 2. The number of hydrogen-bond donors (Lipinski definition) is 1. The van der Waals surface area contributed by atoms with Crippen LogP contribution in [0.1, 0.15) is 42.5 Å². The number of rotatable bonds is 8. The highest BCUT2D eigenvalue weighted by atomic mass is 35.5. The summed E-state index contributed by atoms with van der Waals surface area (Å²) in [6, 6.07) is 5.40. The Morgan fingerprint density at radius 3 is 2.52 bits per heavy atom. The summed E-state index contributed by atoms with van der Waals surface area (Å²) in [5.41, 5.74) is 3.18. The first-order valence-corrected chi connectivity index (χ1v) is 9.99. The predicted octanol–water partition coefficient (Wildman–Crippen LogP) is 4.23. The second kappa shape index (κ2) is 9.58. The molecule has 0 spiro atoms. The maximum Gasteiger partial charge on any atom is 0.255 e. The van der Waals surface area contributed by atoms with E-state index in [4.69, 9.17) is 28.3 Å². The van der Waals surface area contributed by atoms with Crippen LogP contribution in [0, 0.1) is 5.92 Å². The van der Waals surface area contributed by atoms with Gasteiger partial charge >= 0.3 is 0 Å². The van der Waals surface area contributed by atoms with E-state index < -0.39 is 0 Å². The molecule has 0 aliphatic rings. The minimum atomic E-state index is -0.0735. The van der Waals surface area contributed by atoms with Crippen molar-refractivity contribution >= 4 is 29.1 Å². The summed E-state index contributed by atoms with van der Waals surface area (Å²) < 4.78 is 1.82. The predicted molar refractivity (Wildman–Crippen MR) is 112 cm³/mol. The van der Waals surface area contributed by atoms with Crippen molar-refractivity contribution in [2.45, 2.75) is 33.6 Å². The second-order valence-electron chi connectivity index (χ2n) is 7.29. The number of benzene rings is 1. The molecule has 1 aromatic heterocycles. The van der Waals surface area contributed by atoms with Crippen molar-refractivity contribution < 1.29 is 4.79 Å². The first-order valence-electron chi connectivity index (χ1n) is 9.23. The third kappa shape index (κ3) is 5.47. The molecular formula is C20H28Cl2N4O. The van der Waals surface area contributed by atoms with Gasteiger partial charge in [-0.3, -0.25) is 4.79 Å². The Kier molecular flexibility index (Phi) is 7.71. The van der Waals surface area contributed by atoms with Gasteiger partial charge in [-0.15, -0.1) is 0 Å². The molecule has 5 nitrogen and oxygen atoms in total. The van der Waals surface area contributed by atoms with Crippen LogP contribution in [0.3, 0.4) is 0 Å². The Morgan fingerprint density at radius 2 is 1.96 bits per heavy atom. The van der Waals surface area contributed by atoms with Crippen LogP contribution in [-0.4, -0.2) is 47.8 Å². The van der Waals surface area contributed by atoms with E-state index >= 15 is 0 Å². The molecule has 0 bridgehead atoms. The lowest BCUT2D eigenvalue weighted by Gasteiger charge is -2.12. The van der Waals surface area contributed by atoms with Crippen LogP contribution in [0.5, 0.6) is 0 Å². The van der Waals surface area contributed by atoms with Gasteiger partial charge in [-0.25, -0.2) is 4.68 Å². The Morgan fingerprint density at radius 1 is 1.26 bits per heavy atom. The van der Waals surface area contributed by atoms with E-state index in [9.17, 15) is 4.79 Å². The number of nitrogens with zero attached hydrogens (tertiary/aromatic N) is 3. The van der Waals surface area contributed by atoms with Gasteiger partial charge in [0, 0.05) is 13.1 Å². The summed E-state index contributed by atoms with van der Waals surface area (Å²) in [4.78, 5) is 15.0. The number of halogens is 2. The van der Waals surface area contributed by atoms with Gasteiger partial charge in [0.05, 0.1) is 32.7 Å². The smallest absolute Gasteiger partial charge is 0.255 e. The number of amides is 1. The first-order chi connectivity index (χ1) is 12.7. The molecule has 1 N–H and O–H groups in total. The average Bonchev–Trinajstić information content (AvgIpc) is 2.94. The molecule has 1 heterocycles. The van der Waals surface area contributed by atoms with Crippen LogP contribution in [0.2, 0.25) is 10.0 Å². The van der Waals surface area contributed by atoms with E-state index in [1.54, 1.807) is 12.1 Å². The SMILES string of the molecule is CCc1c(C(=O)NCCN(C)C)c(CC(C)C)nn1-c1ccc(Cl)c(Cl)c1. The number of hydrogen-bond acceptors (Lipinski definition) is 3. The fourth-order valence-corrected chi connectivity index (χ4v) is 3.23. The van der Waals surface area contributed by atoms with Crippen molar-refractivity contribution in [3.63, 3.8) is 0 Å². The fourth-order valence-electron chi connectivity index (χ4n) is 2.93. The summed E-state index contributed by atoms with van der Waals surface area (Å²) in [5, 5.41) is 8.75. The van der Waals surface area contributed by atoms with Gasteiger partial charge in [-0.1, -0.05) is 44.0 Å². The number of nitrogens with one attached hydrogen (secondary N) is 1. The molecule has 1 amide bonds. The van der Waals surface area contributed by atoms with Crippen molar-refractivity contribution in [3.05, 3.63) is 45.2 Å². The Bertz CT molecular complexity index is 800. The molecule has 148 valence electrons. The van der Waals surface area contributed by atoms with Gasteiger partial charge in [0.25, 0.3) is 5.91 Å². The maximum absolute atomic E-state index is 12.9. The molecule has 0 saturated heterocycles. The van der Waals surface area contributed by atoms with E-state index in [0.717, 1.165) is 30.0 Å². The van der Waals surface area contributed by atoms with Crippen molar-refractivity contribution in [2.24, 2.45) is 5.92 Å². The number of carbonyl (C=O) groups is 1. The Labute approximate surface area is 171 Å². The summed E-state index contributed by atoms with van der Waals surface area (Å²) in [6.45, 7) is 7.65. The quantitative estimate of drug-likeness (QED) is 0.707. The molecule has 0 saturated carbocycles. The second-order valence-corrected chi connectivity index (χ2v) is 8.10. The molecular weight excluding hydrogens is 383 g/mol. The summed E-state index contributed by atoms with van der Waals surface area (Å²) >= 11 is 12.2. The van der Waals surface area contributed by atoms with Crippen molar-refractivity contribution in [1.82, 2.24) is 20.0 Å². The van der Waals surface area contributed by atoms with Crippen LogP contribution >= 0.6 is 23.2 Å². The van der Waals surface area contributed by atoms with Crippen molar-refractivity contribution in [2.75, 3.05) is 27.2 Å². The highest BCUT2D eigenvalue weighted by Gasteiger charge is 2.24. The normalized spacial score (nSPS) is 11.4. The average molecular weight is 411 g/mol. The molecule has 0 aliphatic carbocycles. The zero-order valence-corrected chi connectivity index (χ0v) is 18.2. The van der Waals surface area contributed by atoms with Crippen LogP contribution in [0.15, 0.2) is 18.2 Å². The number of carbonyl (C=O) groups excluding carboxylic acids is 1.